The molecule has 0 aromatic carbocycles. The Morgan fingerprint density at radius 3 is 1.11 bits per heavy atom. The lowest BCUT2D eigenvalue weighted by molar-refractivity contribution is -0.151. The number of carbonyl (C=O) groups excluding carboxylic acids is 2. The summed E-state index contributed by atoms with van der Waals surface area (Å²) in [5, 5.41) is 24.0. The molecule has 3 atom stereocenters. The van der Waals surface area contributed by atoms with E-state index in [0.29, 0.717) is 19.3 Å². The van der Waals surface area contributed by atoms with E-state index in [-0.39, 0.29) is 24.9 Å². The number of esters is 1. The quantitative estimate of drug-likeness (QED) is 0.0321. The predicted molar refractivity (Wildman–Crippen MR) is 310 cm³/mol. The van der Waals surface area contributed by atoms with Gasteiger partial charge in [-0.25, -0.2) is 0 Å². The standard InChI is InChI=1S/C65H123NO5/c1-4-7-10-13-16-19-22-25-28-31-32-34-37-40-43-46-49-52-55-58-65(70)71-61(56-53-50-47-44-41-38-35-30-27-24-21-18-15-12-9-6-3)59-64(69)66-62(60-67)63(68)57-54-51-48-45-42-39-36-33-29-26-23-20-17-14-11-8-5-2/h16,19,25,28,32,34,61-63,67-68H,4-15,17-18,20-24,26-27,29-31,33,35-60H2,1-3H3,(H,66,69)/b19-16-,28-25-,34-32-. The maximum atomic E-state index is 13.3. The van der Waals surface area contributed by atoms with Crippen molar-refractivity contribution in [2.24, 2.45) is 0 Å². The van der Waals surface area contributed by atoms with E-state index in [1.165, 1.54) is 231 Å². The molecule has 0 rings (SSSR count). The molecule has 418 valence electrons. The SMILES string of the molecule is CCCCC/C=C\C/C=C\C/C=C\CCCCCCCCC(=O)OC(CCCCCCCCCCCCCCCCCC)CC(=O)NC(CO)C(O)CCCCCCCCCCCCCCCCCCC. The highest BCUT2D eigenvalue weighted by molar-refractivity contribution is 5.77. The average Bonchev–Trinajstić information content (AvgIpc) is 3.36. The number of hydrogen-bond acceptors (Lipinski definition) is 5. The lowest BCUT2D eigenvalue weighted by Gasteiger charge is -2.24. The highest BCUT2D eigenvalue weighted by Gasteiger charge is 2.24. The van der Waals surface area contributed by atoms with Crippen molar-refractivity contribution in [3.63, 3.8) is 0 Å². The van der Waals surface area contributed by atoms with Crippen LogP contribution in [0.4, 0.5) is 0 Å². The number of aliphatic hydroxyl groups excluding tert-OH is 2. The van der Waals surface area contributed by atoms with Crippen molar-refractivity contribution in [1.82, 2.24) is 5.32 Å². The van der Waals surface area contributed by atoms with Gasteiger partial charge >= 0.3 is 5.97 Å². The topological polar surface area (TPSA) is 95.9 Å². The molecule has 0 aliphatic carbocycles. The van der Waals surface area contributed by atoms with E-state index in [1.54, 1.807) is 0 Å². The van der Waals surface area contributed by atoms with Gasteiger partial charge < -0.3 is 20.3 Å². The molecular weight excluding hydrogens is 875 g/mol. The Hall–Kier alpha value is -1.92. The molecule has 0 fully saturated rings. The van der Waals surface area contributed by atoms with Gasteiger partial charge in [0.15, 0.2) is 0 Å². The summed E-state index contributed by atoms with van der Waals surface area (Å²) in [4.78, 5) is 26.4. The second kappa shape index (κ2) is 59.0. The molecule has 6 heteroatoms. The lowest BCUT2D eigenvalue weighted by atomic mass is 10.0. The van der Waals surface area contributed by atoms with Crippen LogP contribution in [0.2, 0.25) is 0 Å². The van der Waals surface area contributed by atoms with Crippen LogP contribution in [0, 0.1) is 0 Å². The van der Waals surface area contributed by atoms with E-state index in [9.17, 15) is 19.8 Å². The monoisotopic (exact) mass is 998 g/mol. The first-order valence-corrected chi connectivity index (χ1v) is 31.7. The minimum absolute atomic E-state index is 0.0775. The summed E-state index contributed by atoms with van der Waals surface area (Å²) in [5.41, 5.74) is 0. The summed E-state index contributed by atoms with van der Waals surface area (Å²) in [6.45, 7) is 6.51. The van der Waals surface area contributed by atoms with Crippen molar-refractivity contribution in [3.8, 4) is 0 Å². The molecule has 3 N–H and O–H groups in total. The molecule has 0 saturated carbocycles. The second-order valence-electron chi connectivity index (χ2n) is 21.8. The summed E-state index contributed by atoms with van der Waals surface area (Å²) in [6, 6.07) is -0.703. The maximum absolute atomic E-state index is 13.3. The van der Waals surface area contributed by atoms with Gasteiger partial charge in [0.1, 0.15) is 6.10 Å². The first-order valence-electron chi connectivity index (χ1n) is 31.7. The Labute approximate surface area is 443 Å². The molecule has 0 aliphatic rings. The Morgan fingerprint density at radius 1 is 0.408 bits per heavy atom. The number of unbranched alkanes of at least 4 members (excludes halogenated alkanes) is 40. The number of nitrogens with one attached hydrogen (secondary N) is 1. The second-order valence-corrected chi connectivity index (χ2v) is 21.8. The zero-order chi connectivity index (χ0) is 51.6. The fourth-order valence-electron chi connectivity index (χ4n) is 9.91. The highest BCUT2D eigenvalue weighted by Crippen LogP contribution is 2.19. The normalized spacial score (nSPS) is 13.3. The Balaban J connectivity index is 4.52. The molecule has 0 aromatic rings. The molecule has 71 heavy (non-hydrogen) atoms. The Bertz CT molecular complexity index is 1170. The molecule has 0 spiro atoms. The van der Waals surface area contributed by atoms with Gasteiger partial charge in [0.2, 0.25) is 5.91 Å². The Morgan fingerprint density at radius 2 is 0.718 bits per heavy atom. The summed E-state index contributed by atoms with van der Waals surface area (Å²) >= 11 is 0. The molecular formula is C65H123NO5. The van der Waals surface area contributed by atoms with E-state index >= 15 is 0 Å². The summed E-state index contributed by atoms with van der Waals surface area (Å²) < 4.78 is 5.98. The van der Waals surface area contributed by atoms with Crippen molar-refractivity contribution >= 4 is 11.9 Å². The molecule has 0 radical (unpaired) electrons. The number of hydrogen-bond donors (Lipinski definition) is 3. The van der Waals surface area contributed by atoms with Crippen LogP contribution in [-0.2, 0) is 14.3 Å². The van der Waals surface area contributed by atoms with Crippen molar-refractivity contribution < 1.29 is 24.5 Å². The van der Waals surface area contributed by atoms with Crippen LogP contribution < -0.4 is 5.32 Å². The van der Waals surface area contributed by atoms with Crippen LogP contribution in [0.5, 0.6) is 0 Å². The zero-order valence-electron chi connectivity index (χ0n) is 47.9. The minimum atomic E-state index is -0.789. The molecule has 0 aromatic heterocycles. The van der Waals surface area contributed by atoms with Crippen LogP contribution in [0.1, 0.15) is 342 Å². The van der Waals surface area contributed by atoms with Gasteiger partial charge in [-0.15, -0.1) is 0 Å². The number of ether oxygens (including phenoxy) is 1. The van der Waals surface area contributed by atoms with E-state index < -0.39 is 18.2 Å². The van der Waals surface area contributed by atoms with Gasteiger partial charge in [0.25, 0.3) is 0 Å². The van der Waals surface area contributed by atoms with Gasteiger partial charge in [-0.1, -0.05) is 301 Å². The third-order valence-corrected chi connectivity index (χ3v) is 14.7. The minimum Gasteiger partial charge on any atom is -0.462 e. The van der Waals surface area contributed by atoms with E-state index in [1.807, 2.05) is 0 Å². The molecule has 3 unspecified atom stereocenters. The van der Waals surface area contributed by atoms with Crippen molar-refractivity contribution in [1.29, 1.82) is 0 Å². The lowest BCUT2D eigenvalue weighted by Crippen LogP contribution is -2.46. The molecule has 6 nitrogen and oxygen atoms in total. The van der Waals surface area contributed by atoms with Crippen LogP contribution in [0.3, 0.4) is 0 Å². The fraction of sp³-hybridized carbons (Fsp3) is 0.877. The smallest absolute Gasteiger partial charge is 0.306 e. The van der Waals surface area contributed by atoms with Gasteiger partial charge in [0.05, 0.1) is 25.2 Å². The number of amides is 1. The molecule has 0 bridgehead atoms. The average molecular weight is 999 g/mol. The zero-order valence-corrected chi connectivity index (χ0v) is 47.9. The third kappa shape index (κ3) is 54.2. The maximum Gasteiger partial charge on any atom is 0.306 e. The first kappa shape index (κ1) is 69.1. The van der Waals surface area contributed by atoms with Crippen LogP contribution in [0.15, 0.2) is 36.5 Å². The number of rotatable bonds is 58. The molecule has 1 amide bonds. The van der Waals surface area contributed by atoms with E-state index in [0.717, 1.165) is 64.2 Å². The van der Waals surface area contributed by atoms with Crippen LogP contribution in [0.25, 0.3) is 0 Å². The highest BCUT2D eigenvalue weighted by atomic mass is 16.5. The van der Waals surface area contributed by atoms with Gasteiger partial charge in [-0.2, -0.15) is 0 Å². The van der Waals surface area contributed by atoms with Crippen molar-refractivity contribution in [3.05, 3.63) is 36.5 Å². The van der Waals surface area contributed by atoms with Crippen molar-refractivity contribution in [2.45, 2.75) is 360 Å². The Kier molecular flexibility index (Phi) is 57.4. The van der Waals surface area contributed by atoms with Crippen molar-refractivity contribution in [2.75, 3.05) is 6.61 Å². The number of carbonyl (C=O) groups is 2. The fourth-order valence-corrected chi connectivity index (χ4v) is 9.91. The number of allylic oxidation sites excluding steroid dienone is 6. The van der Waals surface area contributed by atoms with Gasteiger partial charge in [-0.05, 0) is 64.2 Å². The van der Waals surface area contributed by atoms with Crippen LogP contribution >= 0.6 is 0 Å². The largest absolute Gasteiger partial charge is 0.462 e. The van der Waals surface area contributed by atoms with Gasteiger partial charge in [0, 0.05) is 6.42 Å². The third-order valence-electron chi connectivity index (χ3n) is 14.7. The van der Waals surface area contributed by atoms with E-state index in [4.69, 9.17) is 4.74 Å². The van der Waals surface area contributed by atoms with Gasteiger partial charge in [-0.3, -0.25) is 9.59 Å². The predicted octanol–water partition coefficient (Wildman–Crippen LogP) is 20.0. The molecule has 0 saturated heterocycles. The summed E-state index contributed by atoms with van der Waals surface area (Å²) in [7, 11) is 0. The van der Waals surface area contributed by atoms with Crippen LogP contribution in [-0.4, -0.2) is 46.9 Å². The van der Waals surface area contributed by atoms with E-state index in [2.05, 4.69) is 62.5 Å². The first-order chi connectivity index (χ1) is 35.0. The summed E-state index contributed by atoms with van der Waals surface area (Å²) in [5.74, 6) is -0.467. The molecule has 0 heterocycles. The molecule has 0 aliphatic heterocycles. The summed E-state index contributed by atoms with van der Waals surface area (Å²) in [6.07, 6.45) is 72.1. The number of aliphatic hydroxyl groups is 2.